The molecule has 0 atom stereocenters. The van der Waals surface area contributed by atoms with E-state index in [-0.39, 0.29) is 5.75 Å². The highest BCUT2D eigenvalue weighted by molar-refractivity contribution is 9.10. The zero-order valence-electron chi connectivity index (χ0n) is 10.8. The number of phenolic OH excluding ortho intramolecular Hbond substituents is 1. The number of aromatic hydroxyl groups is 1. The minimum Gasteiger partial charge on any atom is -0.504 e. The Morgan fingerprint density at radius 3 is 2.47 bits per heavy atom. The van der Waals surface area contributed by atoms with E-state index >= 15 is 0 Å². The molecule has 1 aliphatic carbocycles. The van der Waals surface area contributed by atoms with Crippen molar-refractivity contribution in [2.45, 2.75) is 37.5 Å². The van der Waals surface area contributed by atoms with Gasteiger partial charge in [0.2, 0.25) is 0 Å². The summed E-state index contributed by atoms with van der Waals surface area (Å²) in [4.78, 5) is 11.8. The molecule has 2 N–H and O–H groups in total. The number of aliphatic carboxylic acids is 1. The van der Waals surface area contributed by atoms with E-state index < -0.39 is 11.4 Å². The molecule has 0 radical (unpaired) electrons. The Hall–Kier alpha value is -1.23. The quantitative estimate of drug-likeness (QED) is 0.891. The van der Waals surface area contributed by atoms with Crippen LogP contribution in [-0.4, -0.2) is 23.3 Å². The predicted octanol–water partition coefficient (Wildman–Crippen LogP) is 3.45. The summed E-state index contributed by atoms with van der Waals surface area (Å²) in [6.07, 6.45) is 3.84. The Balaban J connectivity index is 2.62. The number of rotatable bonds is 3. The van der Waals surface area contributed by atoms with Crippen LogP contribution in [0, 0.1) is 0 Å². The Bertz CT molecular complexity index is 492. The van der Waals surface area contributed by atoms with Crippen LogP contribution in [0.2, 0.25) is 0 Å². The van der Waals surface area contributed by atoms with Crippen molar-refractivity contribution in [3.05, 3.63) is 22.2 Å². The Morgan fingerprint density at radius 1 is 1.32 bits per heavy atom. The highest BCUT2D eigenvalue weighted by Gasteiger charge is 2.45. The molecule has 0 spiro atoms. The number of ether oxygens (including phenoxy) is 1. The Morgan fingerprint density at radius 2 is 1.95 bits per heavy atom. The molecule has 2 rings (SSSR count). The van der Waals surface area contributed by atoms with Crippen molar-refractivity contribution in [3.8, 4) is 11.5 Å². The first-order valence-electron chi connectivity index (χ1n) is 6.32. The minimum atomic E-state index is -1.02. The van der Waals surface area contributed by atoms with Gasteiger partial charge in [0, 0.05) is 10.0 Å². The van der Waals surface area contributed by atoms with Gasteiger partial charge in [-0.3, -0.25) is 4.79 Å². The van der Waals surface area contributed by atoms with Crippen molar-refractivity contribution < 1.29 is 19.7 Å². The first-order valence-corrected chi connectivity index (χ1v) is 7.11. The molecule has 0 unspecified atom stereocenters. The van der Waals surface area contributed by atoms with E-state index in [1.165, 1.54) is 7.11 Å². The van der Waals surface area contributed by atoms with Crippen molar-refractivity contribution in [1.82, 2.24) is 0 Å². The molecule has 0 heterocycles. The molecule has 1 aliphatic rings. The number of halogens is 1. The van der Waals surface area contributed by atoms with Crippen LogP contribution < -0.4 is 4.74 Å². The summed E-state index contributed by atoms with van der Waals surface area (Å²) < 4.78 is 5.71. The number of carboxylic acids is 1. The second kappa shape index (κ2) is 5.41. The molecule has 0 saturated heterocycles. The lowest BCUT2D eigenvalue weighted by Gasteiger charge is -2.35. The smallest absolute Gasteiger partial charge is 0.314 e. The fourth-order valence-corrected chi connectivity index (χ4v) is 3.59. The molecule has 4 nitrogen and oxygen atoms in total. The second-order valence-corrected chi connectivity index (χ2v) is 5.78. The summed E-state index contributed by atoms with van der Waals surface area (Å²) in [5.74, 6) is -0.637. The van der Waals surface area contributed by atoms with Gasteiger partial charge in [-0.05, 0) is 25.0 Å². The lowest BCUT2D eigenvalue weighted by atomic mass is 9.69. The van der Waals surface area contributed by atoms with Crippen LogP contribution in [0.1, 0.15) is 37.7 Å². The Kier molecular flexibility index (Phi) is 4.04. The first-order chi connectivity index (χ1) is 9.03. The van der Waals surface area contributed by atoms with Crippen molar-refractivity contribution in [3.63, 3.8) is 0 Å². The van der Waals surface area contributed by atoms with Gasteiger partial charge in [0.1, 0.15) is 0 Å². The van der Waals surface area contributed by atoms with E-state index in [2.05, 4.69) is 15.9 Å². The number of methoxy groups -OCH3 is 1. The van der Waals surface area contributed by atoms with E-state index in [9.17, 15) is 15.0 Å². The van der Waals surface area contributed by atoms with Crippen molar-refractivity contribution in [2.24, 2.45) is 0 Å². The molecular formula is C14H17BrO4. The number of benzene rings is 1. The van der Waals surface area contributed by atoms with Gasteiger partial charge in [0.25, 0.3) is 0 Å². The predicted molar refractivity (Wildman–Crippen MR) is 74.8 cm³/mol. The molecular weight excluding hydrogens is 312 g/mol. The third-order valence-corrected chi connectivity index (χ3v) is 4.57. The molecule has 5 heteroatoms. The van der Waals surface area contributed by atoms with Crippen LogP contribution in [0.3, 0.4) is 0 Å². The lowest BCUT2D eigenvalue weighted by Crippen LogP contribution is -2.38. The standard InChI is InChI=1S/C14H17BrO4/c1-19-10-6-5-9(15)11(12(10)16)14(13(17)18)7-3-2-4-8-14/h5-6,16H,2-4,7-8H2,1H3,(H,17,18). The van der Waals surface area contributed by atoms with Gasteiger partial charge in [-0.15, -0.1) is 0 Å². The number of phenols is 1. The summed E-state index contributed by atoms with van der Waals surface area (Å²) in [6.45, 7) is 0. The normalized spacial score (nSPS) is 18.0. The molecule has 1 saturated carbocycles. The first kappa shape index (κ1) is 14.2. The molecule has 0 amide bonds. The van der Waals surface area contributed by atoms with Crippen LogP contribution in [0.4, 0.5) is 0 Å². The van der Waals surface area contributed by atoms with Gasteiger partial charge in [0.05, 0.1) is 12.5 Å². The number of carboxylic acid groups (broad SMARTS) is 1. The van der Waals surface area contributed by atoms with E-state index in [1.807, 2.05) is 0 Å². The minimum absolute atomic E-state index is 0.0684. The van der Waals surface area contributed by atoms with E-state index in [4.69, 9.17) is 4.74 Å². The maximum atomic E-state index is 11.8. The third-order valence-electron chi connectivity index (χ3n) is 3.91. The number of carbonyl (C=O) groups is 1. The van der Waals surface area contributed by atoms with Gasteiger partial charge < -0.3 is 14.9 Å². The maximum absolute atomic E-state index is 11.8. The summed E-state index contributed by atoms with van der Waals surface area (Å²) in [5, 5.41) is 20.0. The SMILES string of the molecule is COc1ccc(Br)c(C2(C(=O)O)CCCCC2)c1O. The molecule has 1 aromatic rings. The largest absolute Gasteiger partial charge is 0.504 e. The average Bonchev–Trinajstić information content (AvgIpc) is 2.40. The third kappa shape index (κ3) is 2.31. The zero-order chi connectivity index (χ0) is 14.0. The maximum Gasteiger partial charge on any atom is 0.314 e. The molecule has 19 heavy (non-hydrogen) atoms. The number of hydrogen-bond donors (Lipinski definition) is 2. The van der Waals surface area contributed by atoms with Crippen LogP contribution >= 0.6 is 15.9 Å². The average molecular weight is 329 g/mol. The van der Waals surface area contributed by atoms with Crippen LogP contribution in [-0.2, 0) is 10.2 Å². The summed E-state index contributed by atoms with van der Waals surface area (Å²) in [6, 6.07) is 3.36. The highest BCUT2D eigenvalue weighted by Crippen LogP contribution is 2.49. The van der Waals surface area contributed by atoms with Crippen LogP contribution in [0.15, 0.2) is 16.6 Å². The van der Waals surface area contributed by atoms with Crippen molar-refractivity contribution in [1.29, 1.82) is 0 Å². The van der Waals surface area contributed by atoms with Gasteiger partial charge >= 0.3 is 5.97 Å². The van der Waals surface area contributed by atoms with Gasteiger partial charge in [0.15, 0.2) is 11.5 Å². The Labute approximate surface area is 120 Å². The van der Waals surface area contributed by atoms with Crippen molar-refractivity contribution >= 4 is 21.9 Å². The summed E-state index contributed by atoms with van der Waals surface area (Å²) in [5.41, 5.74) is -0.575. The van der Waals surface area contributed by atoms with Gasteiger partial charge in [-0.25, -0.2) is 0 Å². The summed E-state index contributed by atoms with van der Waals surface area (Å²) in [7, 11) is 1.46. The van der Waals surface area contributed by atoms with Gasteiger partial charge in [-0.1, -0.05) is 35.2 Å². The van der Waals surface area contributed by atoms with E-state index in [0.29, 0.717) is 28.6 Å². The topological polar surface area (TPSA) is 66.8 Å². The van der Waals surface area contributed by atoms with Crippen LogP contribution in [0.5, 0.6) is 11.5 Å². The molecule has 1 aromatic carbocycles. The summed E-state index contributed by atoms with van der Waals surface area (Å²) >= 11 is 3.37. The molecule has 0 aliphatic heterocycles. The molecule has 0 aromatic heterocycles. The fourth-order valence-electron chi connectivity index (χ4n) is 2.89. The molecule has 0 bridgehead atoms. The van der Waals surface area contributed by atoms with Crippen LogP contribution in [0.25, 0.3) is 0 Å². The second-order valence-electron chi connectivity index (χ2n) is 4.92. The fraction of sp³-hybridized carbons (Fsp3) is 0.500. The number of hydrogen-bond acceptors (Lipinski definition) is 3. The highest BCUT2D eigenvalue weighted by atomic mass is 79.9. The van der Waals surface area contributed by atoms with Gasteiger partial charge in [-0.2, -0.15) is 0 Å². The molecule has 1 fully saturated rings. The van der Waals surface area contributed by atoms with E-state index in [1.54, 1.807) is 12.1 Å². The molecule has 104 valence electrons. The zero-order valence-corrected chi connectivity index (χ0v) is 12.4. The lowest BCUT2D eigenvalue weighted by molar-refractivity contribution is -0.145. The van der Waals surface area contributed by atoms with Crippen molar-refractivity contribution in [2.75, 3.05) is 7.11 Å². The monoisotopic (exact) mass is 328 g/mol. The van der Waals surface area contributed by atoms with E-state index in [0.717, 1.165) is 19.3 Å².